The van der Waals surface area contributed by atoms with E-state index in [0.717, 1.165) is 16.3 Å². The molecule has 5 heteroatoms. The third-order valence-electron chi connectivity index (χ3n) is 2.99. The number of benzene rings is 2. The number of halogens is 1. The molecule has 2 aromatic rings. The molecule has 1 amide bonds. The van der Waals surface area contributed by atoms with Crippen molar-refractivity contribution in [3.05, 3.63) is 57.6 Å². The predicted octanol–water partition coefficient (Wildman–Crippen LogP) is 3.72. The molecular weight excluding hydrogens is 334 g/mol. The lowest BCUT2D eigenvalue weighted by atomic mass is 10.1. The van der Waals surface area contributed by atoms with Gasteiger partial charge in [0.05, 0.1) is 5.56 Å². The molecule has 0 aliphatic carbocycles. The molecule has 2 rings (SSSR count). The first-order valence-electron chi connectivity index (χ1n) is 6.30. The van der Waals surface area contributed by atoms with Gasteiger partial charge in [0, 0.05) is 17.1 Å². The van der Waals surface area contributed by atoms with E-state index in [1.807, 2.05) is 6.92 Å². The predicted molar refractivity (Wildman–Crippen MR) is 84.2 cm³/mol. The molecular formula is C16H14BrNO3. The van der Waals surface area contributed by atoms with Crippen LogP contribution in [0.25, 0.3) is 0 Å². The van der Waals surface area contributed by atoms with Crippen LogP contribution >= 0.6 is 15.9 Å². The smallest absolute Gasteiger partial charge is 0.251 e. The topological polar surface area (TPSA) is 55.4 Å². The largest absolute Gasteiger partial charge is 0.456 e. The van der Waals surface area contributed by atoms with Crippen LogP contribution in [0.1, 0.15) is 26.3 Å². The molecule has 0 aliphatic heterocycles. The Labute approximate surface area is 131 Å². The molecule has 108 valence electrons. The summed E-state index contributed by atoms with van der Waals surface area (Å²) in [5.41, 5.74) is 1.84. The number of rotatable bonds is 4. The highest BCUT2D eigenvalue weighted by molar-refractivity contribution is 9.10. The number of hydrogen-bond donors (Lipinski definition) is 1. The molecule has 0 spiro atoms. The standard InChI is InChI=1S/C16H14BrNO3/c1-10-7-11(16(20)18-2)4-6-14(10)21-15-8-13(17)5-3-12(15)9-19/h3-9H,1-2H3,(H,18,20). The number of aryl methyl sites for hydroxylation is 1. The minimum Gasteiger partial charge on any atom is -0.456 e. The van der Waals surface area contributed by atoms with Crippen LogP contribution in [0, 0.1) is 6.92 Å². The monoisotopic (exact) mass is 347 g/mol. The SMILES string of the molecule is CNC(=O)c1ccc(Oc2cc(Br)ccc2C=O)c(C)c1. The molecule has 0 aromatic heterocycles. The highest BCUT2D eigenvalue weighted by Crippen LogP contribution is 2.30. The maximum atomic E-state index is 11.6. The summed E-state index contributed by atoms with van der Waals surface area (Å²) in [6, 6.07) is 10.3. The fraction of sp³-hybridized carbons (Fsp3) is 0.125. The molecule has 0 saturated heterocycles. The molecule has 0 unspecified atom stereocenters. The summed E-state index contributed by atoms with van der Waals surface area (Å²) < 4.78 is 6.61. The number of ether oxygens (including phenoxy) is 1. The third-order valence-corrected chi connectivity index (χ3v) is 3.48. The van der Waals surface area contributed by atoms with E-state index in [1.54, 1.807) is 43.4 Å². The summed E-state index contributed by atoms with van der Waals surface area (Å²) in [6.45, 7) is 1.85. The Kier molecular flexibility index (Phi) is 4.75. The van der Waals surface area contributed by atoms with Gasteiger partial charge in [-0.25, -0.2) is 0 Å². The zero-order valence-electron chi connectivity index (χ0n) is 11.6. The maximum Gasteiger partial charge on any atom is 0.251 e. The summed E-state index contributed by atoms with van der Waals surface area (Å²) in [6.07, 6.45) is 0.746. The molecule has 1 N–H and O–H groups in total. The number of nitrogens with one attached hydrogen (secondary N) is 1. The Balaban J connectivity index is 2.34. The van der Waals surface area contributed by atoms with Crippen LogP contribution in [-0.2, 0) is 0 Å². The Hall–Kier alpha value is -2.14. The molecule has 0 bridgehead atoms. The first-order valence-corrected chi connectivity index (χ1v) is 7.09. The van der Waals surface area contributed by atoms with E-state index in [1.165, 1.54) is 0 Å². The third kappa shape index (κ3) is 3.49. The molecule has 0 saturated carbocycles. The zero-order valence-corrected chi connectivity index (χ0v) is 13.2. The van der Waals surface area contributed by atoms with Crippen LogP contribution in [0.5, 0.6) is 11.5 Å². The molecule has 0 heterocycles. The van der Waals surface area contributed by atoms with Crippen molar-refractivity contribution in [2.45, 2.75) is 6.92 Å². The van der Waals surface area contributed by atoms with Gasteiger partial charge in [-0.2, -0.15) is 0 Å². The Morgan fingerprint density at radius 1 is 1.19 bits per heavy atom. The highest BCUT2D eigenvalue weighted by Gasteiger charge is 2.10. The second-order valence-corrected chi connectivity index (χ2v) is 5.38. The normalized spacial score (nSPS) is 10.0. The van der Waals surface area contributed by atoms with Gasteiger partial charge < -0.3 is 10.1 Å². The summed E-state index contributed by atoms with van der Waals surface area (Å²) in [5, 5.41) is 2.57. The lowest BCUT2D eigenvalue weighted by Gasteiger charge is -2.12. The molecule has 2 aromatic carbocycles. The van der Waals surface area contributed by atoms with Crippen molar-refractivity contribution in [3.63, 3.8) is 0 Å². The van der Waals surface area contributed by atoms with Gasteiger partial charge >= 0.3 is 0 Å². The number of hydrogen-bond acceptors (Lipinski definition) is 3. The summed E-state index contributed by atoms with van der Waals surface area (Å²) in [5.74, 6) is 0.916. The number of aldehydes is 1. The van der Waals surface area contributed by atoms with Gasteiger partial charge in [0.1, 0.15) is 11.5 Å². The number of carbonyl (C=O) groups is 2. The van der Waals surface area contributed by atoms with Gasteiger partial charge in [-0.05, 0) is 48.9 Å². The van der Waals surface area contributed by atoms with Crippen molar-refractivity contribution in [2.75, 3.05) is 7.05 Å². The number of carbonyl (C=O) groups excluding carboxylic acids is 2. The van der Waals surface area contributed by atoms with E-state index < -0.39 is 0 Å². The van der Waals surface area contributed by atoms with Crippen LogP contribution in [-0.4, -0.2) is 19.2 Å². The van der Waals surface area contributed by atoms with Gasteiger partial charge in [0.15, 0.2) is 6.29 Å². The van der Waals surface area contributed by atoms with Crippen LogP contribution in [0.3, 0.4) is 0 Å². The summed E-state index contributed by atoms with van der Waals surface area (Å²) in [4.78, 5) is 22.6. The van der Waals surface area contributed by atoms with Crippen molar-refractivity contribution >= 4 is 28.1 Å². The second-order valence-electron chi connectivity index (χ2n) is 4.46. The van der Waals surface area contributed by atoms with E-state index in [4.69, 9.17) is 4.74 Å². The van der Waals surface area contributed by atoms with E-state index in [9.17, 15) is 9.59 Å². The van der Waals surface area contributed by atoms with E-state index >= 15 is 0 Å². The van der Waals surface area contributed by atoms with Gasteiger partial charge in [-0.1, -0.05) is 15.9 Å². The summed E-state index contributed by atoms with van der Waals surface area (Å²) >= 11 is 3.35. The summed E-state index contributed by atoms with van der Waals surface area (Å²) in [7, 11) is 1.58. The second kappa shape index (κ2) is 6.54. The van der Waals surface area contributed by atoms with Crippen molar-refractivity contribution in [1.82, 2.24) is 5.32 Å². The Bertz CT molecular complexity index is 698. The van der Waals surface area contributed by atoms with E-state index in [-0.39, 0.29) is 5.91 Å². The highest BCUT2D eigenvalue weighted by atomic mass is 79.9. The Morgan fingerprint density at radius 3 is 2.57 bits per heavy atom. The van der Waals surface area contributed by atoms with Crippen LogP contribution in [0.2, 0.25) is 0 Å². The minimum atomic E-state index is -0.152. The van der Waals surface area contributed by atoms with Gasteiger partial charge in [-0.15, -0.1) is 0 Å². The van der Waals surface area contributed by atoms with E-state index in [2.05, 4.69) is 21.2 Å². The fourth-order valence-corrected chi connectivity index (χ4v) is 2.20. The van der Waals surface area contributed by atoms with Crippen molar-refractivity contribution in [1.29, 1.82) is 0 Å². The van der Waals surface area contributed by atoms with Crippen molar-refractivity contribution < 1.29 is 14.3 Å². The lowest BCUT2D eigenvalue weighted by molar-refractivity contribution is 0.0962. The Morgan fingerprint density at radius 2 is 1.95 bits per heavy atom. The zero-order chi connectivity index (χ0) is 15.4. The average Bonchev–Trinajstić information content (AvgIpc) is 2.48. The number of amides is 1. The van der Waals surface area contributed by atoms with Crippen LogP contribution in [0.4, 0.5) is 0 Å². The molecule has 0 atom stereocenters. The molecule has 4 nitrogen and oxygen atoms in total. The molecule has 0 fully saturated rings. The quantitative estimate of drug-likeness (QED) is 0.857. The van der Waals surface area contributed by atoms with Gasteiger partial charge in [-0.3, -0.25) is 9.59 Å². The molecule has 21 heavy (non-hydrogen) atoms. The average molecular weight is 348 g/mol. The van der Waals surface area contributed by atoms with Crippen molar-refractivity contribution in [3.8, 4) is 11.5 Å². The minimum absolute atomic E-state index is 0.152. The van der Waals surface area contributed by atoms with Crippen molar-refractivity contribution in [2.24, 2.45) is 0 Å². The first kappa shape index (κ1) is 15.3. The van der Waals surface area contributed by atoms with Gasteiger partial charge in [0.25, 0.3) is 5.91 Å². The maximum absolute atomic E-state index is 11.6. The fourth-order valence-electron chi connectivity index (χ4n) is 1.86. The lowest BCUT2D eigenvalue weighted by Crippen LogP contribution is -2.17. The molecule has 0 radical (unpaired) electrons. The van der Waals surface area contributed by atoms with E-state index in [0.29, 0.717) is 22.6 Å². The van der Waals surface area contributed by atoms with Crippen LogP contribution in [0.15, 0.2) is 40.9 Å². The first-order chi connectivity index (χ1) is 10.0. The molecule has 0 aliphatic rings. The van der Waals surface area contributed by atoms with Gasteiger partial charge in [0.2, 0.25) is 0 Å². The van der Waals surface area contributed by atoms with Crippen LogP contribution < -0.4 is 10.1 Å².